The van der Waals surface area contributed by atoms with Gasteiger partial charge in [0.05, 0.1) is 6.10 Å². The minimum Gasteiger partial charge on any atom is -0.726 e. The van der Waals surface area contributed by atoms with Crippen LogP contribution in [0.15, 0.2) is 23.8 Å². The van der Waals surface area contributed by atoms with Crippen molar-refractivity contribution in [2.45, 2.75) is 111 Å². The van der Waals surface area contributed by atoms with E-state index in [9.17, 15) is 13.0 Å². The molecule has 37 heavy (non-hydrogen) atoms. The molecule has 0 aromatic carbocycles. The van der Waals surface area contributed by atoms with Gasteiger partial charge >= 0.3 is 29.6 Å². The van der Waals surface area contributed by atoms with E-state index in [0.29, 0.717) is 48.3 Å². The van der Waals surface area contributed by atoms with Crippen LogP contribution in [0.25, 0.3) is 0 Å². The topological polar surface area (TPSA) is 84.9 Å². The summed E-state index contributed by atoms with van der Waals surface area (Å²) in [4.78, 5) is 12.7. The molecule has 6 nitrogen and oxygen atoms in total. The zero-order valence-corrected chi connectivity index (χ0v) is 26.9. The molecule has 1 saturated heterocycles. The van der Waals surface area contributed by atoms with Crippen LogP contribution in [-0.4, -0.2) is 30.3 Å². The Bertz CT molecular complexity index is 1060. The monoisotopic (exact) mass is 544 g/mol. The molecule has 0 amide bonds. The molecule has 204 valence electrons. The fourth-order valence-electron chi connectivity index (χ4n) is 9.44. The average molecular weight is 545 g/mol. The van der Waals surface area contributed by atoms with Crippen LogP contribution in [-0.2, 0) is 24.4 Å². The van der Waals surface area contributed by atoms with Gasteiger partial charge < -0.3 is 4.55 Å². The Labute approximate surface area is 246 Å². The maximum atomic E-state index is 11.3. The van der Waals surface area contributed by atoms with Gasteiger partial charge in [0.2, 0.25) is 10.4 Å². The summed E-state index contributed by atoms with van der Waals surface area (Å²) in [5.74, 6) is 3.05. The van der Waals surface area contributed by atoms with Crippen LogP contribution < -0.4 is 29.6 Å². The van der Waals surface area contributed by atoms with Crippen LogP contribution in [0.1, 0.15) is 93.4 Å². The number of fused-ring (bicyclic) bond motifs is 2. The molecule has 2 spiro atoms. The molecule has 2 heterocycles. The second-order valence-electron chi connectivity index (χ2n) is 13.7. The largest absolute Gasteiger partial charge is 1.00 e. The molecule has 0 radical (unpaired) electrons. The summed E-state index contributed by atoms with van der Waals surface area (Å²) in [6.45, 7) is 16.4. The Morgan fingerprint density at radius 1 is 1.03 bits per heavy atom. The zero-order chi connectivity index (χ0) is 26.3. The van der Waals surface area contributed by atoms with E-state index < -0.39 is 27.7 Å². The van der Waals surface area contributed by atoms with E-state index in [4.69, 9.17) is 14.0 Å². The Morgan fingerprint density at radius 2 is 1.73 bits per heavy atom. The van der Waals surface area contributed by atoms with Crippen molar-refractivity contribution in [1.29, 1.82) is 0 Å². The molecule has 2 aliphatic heterocycles. The van der Waals surface area contributed by atoms with E-state index in [2.05, 4.69) is 66.7 Å². The average Bonchev–Trinajstić information content (AvgIpc) is 3.15. The first-order valence-corrected chi connectivity index (χ1v) is 15.4. The normalized spacial score (nSPS) is 46.6. The summed E-state index contributed by atoms with van der Waals surface area (Å²) in [6.07, 6.45) is 12.5. The molecule has 6 aliphatic rings. The van der Waals surface area contributed by atoms with Crippen molar-refractivity contribution < 1.29 is 56.5 Å². The van der Waals surface area contributed by atoms with Gasteiger partial charge in [-0.3, -0.25) is 4.18 Å². The van der Waals surface area contributed by atoms with Crippen LogP contribution in [0.5, 0.6) is 0 Å². The Hall–Kier alpha value is 0.270. The van der Waals surface area contributed by atoms with Gasteiger partial charge in [-0.1, -0.05) is 59.3 Å². The van der Waals surface area contributed by atoms with Gasteiger partial charge in [-0.15, -0.1) is 0 Å². The Kier molecular flexibility index (Phi) is 8.15. The van der Waals surface area contributed by atoms with Crippen LogP contribution >= 0.6 is 0 Å². The smallest absolute Gasteiger partial charge is 0.726 e. The van der Waals surface area contributed by atoms with Gasteiger partial charge in [-0.2, -0.15) is 0 Å². The summed E-state index contributed by atoms with van der Waals surface area (Å²) in [6, 6.07) is 0. The molecule has 6 rings (SSSR count). The molecular weight excluding hydrogens is 499 g/mol. The van der Waals surface area contributed by atoms with Crippen LogP contribution in [0.2, 0.25) is 0 Å². The predicted molar refractivity (Wildman–Crippen MR) is 137 cm³/mol. The van der Waals surface area contributed by atoms with Gasteiger partial charge in [-0.05, 0) is 80.6 Å². The molecule has 2 bridgehead atoms. The third-order valence-corrected chi connectivity index (χ3v) is 12.3. The number of rotatable bonds is 6. The van der Waals surface area contributed by atoms with Crippen molar-refractivity contribution in [2.75, 3.05) is 0 Å². The number of hydrogen-bond acceptors (Lipinski definition) is 6. The number of hydrogen-bond donors (Lipinski definition) is 0. The summed E-state index contributed by atoms with van der Waals surface area (Å²) in [5, 5.41) is 0. The molecule has 8 heteroatoms. The predicted octanol–water partition coefficient (Wildman–Crippen LogP) is 3.35. The molecule has 4 aliphatic carbocycles. The second kappa shape index (κ2) is 9.97. The van der Waals surface area contributed by atoms with Crippen molar-refractivity contribution in [2.24, 2.45) is 46.3 Å². The first-order valence-electron chi connectivity index (χ1n) is 14.1. The van der Waals surface area contributed by atoms with E-state index in [1.807, 2.05) is 0 Å². The molecule has 0 unspecified atom stereocenters. The molecule has 0 aromatic rings. The summed E-state index contributed by atoms with van der Waals surface area (Å²) in [5.41, 5.74) is 0.300. The fraction of sp³-hybridized carbons (Fsp3) is 0.862. The minimum absolute atomic E-state index is 0. The van der Waals surface area contributed by atoms with Crippen molar-refractivity contribution >= 4 is 10.4 Å². The standard InChI is InChI=1S/C29H46O6S.Na/c1-18(2)21(5)19(3)16-20(4)23-8-9-24-26(23,6)12-11-25-27(7)13-10-22(33-36(30,31)32)17-28(27)14-15-29(24,25)35-34-28;/h14-16,18,20-25H,8-13,17H2,1-7H3,(H,30,31,32);/q;+1/p-1/b19-16+;/t20-,21-,22+,23-,24-,25-,26-,27-,28-,29+;/m1./s1. The van der Waals surface area contributed by atoms with Gasteiger partial charge in [-0.25, -0.2) is 18.2 Å². The van der Waals surface area contributed by atoms with E-state index in [1.54, 1.807) is 0 Å². The van der Waals surface area contributed by atoms with Crippen molar-refractivity contribution in [3.05, 3.63) is 23.8 Å². The summed E-state index contributed by atoms with van der Waals surface area (Å²) in [7, 11) is -4.76. The summed E-state index contributed by atoms with van der Waals surface area (Å²) >= 11 is 0. The molecule has 0 aromatic heterocycles. The maximum Gasteiger partial charge on any atom is 1.00 e. The van der Waals surface area contributed by atoms with Gasteiger partial charge in [0.25, 0.3) is 0 Å². The van der Waals surface area contributed by atoms with Crippen molar-refractivity contribution in [1.82, 2.24) is 0 Å². The first kappa shape index (κ1) is 30.2. The minimum atomic E-state index is -4.76. The van der Waals surface area contributed by atoms with Crippen LogP contribution in [0, 0.1) is 46.3 Å². The fourth-order valence-corrected chi connectivity index (χ4v) is 9.94. The van der Waals surface area contributed by atoms with Crippen LogP contribution in [0.3, 0.4) is 0 Å². The summed E-state index contributed by atoms with van der Waals surface area (Å²) < 4.78 is 38.7. The maximum absolute atomic E-state index is 11.3. The Balaban J connectivity index is 0.00000320. The third kappa shape index (κ3) is 4.60. The first-order chi connectivity index (χ1) is 16.7. The molecule has 3 saturated carbocycles. The third-order valence-electron chi connectivity index (χ3n) is 11.8. The van der Waals surface area contributed by atoms with Crippen molar-refractivity contribution in [3.8, 4) is 0 Å². The molecule has 0 N–H and O–H groups in total. The van der Waals surface area contributed by atoms with E-state index >= 15 is 0 Å². The zero-order valence-electron chi connectivity index (χ0n) is 24.1. The van der Waals surface area contributed by atoms with Gasteiger partial charge in [0, 0.05) is 23.7 Å². The van der Waals surface area contributed by atoms with Gasteiger partial charge in [0.1, 0.15) is 11.2 Å². The van der Waals surface area contributed by atoms with E-state index in [1.165, 1.54) is 18.4 Å². The van der Waals surface area contributed by atoms with E-state index in [-0.39, 0.29) is 40.4 Å². The molecule has 4 fully saturated rings. The Morgan fingerprint density at radius 3 is 2.32 bits per heavy atom. The molecular formula is C29H45NaO6S. The molecule has 10 atom stereocenters. The second-order valence-corrected chi connectivity index (χ2v) is 14.7. The van der Waals surface area contributed by atoms with Crippen molar-refractivity contribution in [3.63, 3.8) is 0 Å². The quantitative estimate of drug-likeness (QED) is 0.168. The number of allylic oxidation sites excluding steroid dienone is 2. The van der Waals surface area contributed by atoms with E-state index in [0.717, 1.165) is 19.3 Å². The van der Waals surface area contributed by atoms with Gasteiger partial charge in [0.15, 0.2) is 0 Å². The van der Waals surface area contributed by atoms with Crippen LogP contribution in [0.4, 0.5) is 0 Å². The SMILES string of the molecule is C/C(=C\[C@@H](C)[C@H]1CC[C@@H]2[C@]1(C)CC[C@H]1[C@]23C=C[C@]2(C[C@@H](OS(=O)(=O)[O-])CC[C@]12C)OO3)[C@H](C)C(C)C.[Na+].